The van der Waals surface area contributed by atoms with Crippen LogP contribution < -0.4 is 0 Å². The first kappa shape index (κ1) is 12.5. The molecular formula is C16-2. The molecule has 0 saturated carbocycles. The highest BCUT2D eigenvalue weighted by atomic mass is 13.6. The molecule has 0 saturated heterocycles. The maximum Gasteiger partial charge on any atom is -0.000000914 e. The van der Waals surface area contributed by atoms with Gasteiger partial charge in [-0.25, -0.2) is 11.8 Å². The lowest BCUT2D eigenvalue weighted by molar-refractivity contribution is 2.33. The van der Waals surface area contributed by atoms with Crippen LogP contribution in [0.1, 0.15) is 0 Å². The van der Waals surface area contributed by atoms with E-state index in [1.165, 1.54) is 0 Å². The van der Waals surface area contributed by atoms with Crippen molar-refractivity contribution in [1.29, 1.82) is 0 Å². The second-order valence-electron chi connectivity index (χ2n) is 1.75. The Morgan fingerprint density at radius 2 is 0.500 bits per heavy atom. The molecule has 0 N–H and O–H groups in total. The maximum atomic E-state index is 6.45. The Balaban J connectivity index is 4.26. The molecule has 0 aliphatic heterocycles. The third-order valence-corrected chi connectivity index (χ3v) is 0.812. The summed E-state index contributed by atoms with van der Waals surface area (Å²) in [5.74, 6) is 32.1. The fourth-order valence-electron chi connectivity index (χ4n) is 0.375. The van der Waals surface area contributed by atoms with Gasteiger partial charge in [0.05, 0.1) is 0 Å². The summed E-state index contributed by atoms with van der Waals surface area (Å²) >= 11 is 0. The molecule has 0 unspecified atom stereocenters. The minimum Gasteiger partial charge on any atom is -0.358 e. The van der Waals surface area contributed by atoms with E-state index >= 15 is 0 Å². The fraction of sp³-hybridized carbons (Fsp3) is 0. The average Bonchev–Trinajstić information content (AvgIpc) is 2.31. The van der Waals surface area contributed by atoms with Gasteiger partial charge in [0.15, 0.2) is 0 Å². The Morgan fingerprint density at radius 1 is 0.312 bits per heavy atom. The molecule has 0 aromatic rings. The van der Waals surface area contributed by atoms with Crippen LogP contribution in [0, 0.1) is 95.7 Å². The zero-order chi connectivity index (χ0) is 11.9. The molecular weight excluding hydrogens is 192 g/mol. The Hall–Kier alpha value is -3.52. The zero-order valence-electron chi connectivity index (χ0n) is 8.00. The molecule has 0 bridgehead atoms. The SMILES string of the molecule is [C-]#CC#CC#CC#CC#CC#CC#CC#[C-]. The quantitative estimate of drug-likeness (QED) is 0.379. The number of hydrogen-bond donors (Lipinski definition) is 0. The van der Waals surface area contributed by atoms with Crippen LogP contribution in [-0.2, 0) is 0 Å². The van der Waals surface area contributed by atoms with Crippen molar-refractivity contribution in [2.45, 2.75) is 0 Å². The summed E-state index contributed by atoms with van der Waals surface area (Å²) in [7, 11) is 0. The average molecular weight is 192 g/mol. The van der Waals surface area contributed by atoms with Gasteiger partial charge in [-0.15, -0.1) is 11.8 Å². The highest BCUT2D eigenvalue weighted by molar-refractivity contribution is 5.45. The highest BCUT2D eigenvalue weighted by Crippen LogP contribution is 1.56. The third kappa shape index (κ3) is 10.5. The molecule has 0 nitrogen and oxygen atoms in total. The van der Waals surface area contributed by atoms with E-state index in [9.17, 15) is 0 Å². The Kier molecular flexibility index (Phi) is 8.95. The van der Waals surface area contributed by atoms with Crippen molar-refractivity contribution in [3.05, 3.63) is 12.8 Å². The van der Waals surface area contributed by atoms with Crippen LogP contribution in [0.25, 0.3) is 0 Å². The molecule has 66 valence electrons. The van der Waals surface area contributed by atoms with Crippen molar-refractivity contribution in [1.82, 2.24) is 0 Å². The molecule has 0 heteroatoms. The van der Waals surface area contributed by atoms with Gasteiger partial charge in [0.2, 0.25) is 0 Å². The van der Waals surface area contributed by atoms with Crippen LogP contribution in [0.2, 0.25) is 0 Å². The summed E-state index contributed by atoms with van der Waals surface area (Å²) in [4.78, 5) is 0. The summed E-state index contributed by atoms with van der Waals surface area (Å²) in [5, 5.41) is 0. The van der Waals surface area contributed by atoms with Crippen molar-refractivity contribution in [2.75, 3.05) is 0 Å². The van der Waals surface area contributed by atoms with Gasteiger partial charge in [-0.1, -0.05) is 0 Å². The van der Waals surface area contributed by atoms with Gasteiger partial charge in [-0.3, -0.25) is 11.8 Å². The summed E-state index contributed by atoms with van der Waals surface area (Å²) in [6.07, 6.45) is 12.9. The van der Waals surface area contributed by atoms with Gasteiger partial charge in [0.25, 0.3) is 0 Å². The predicted molar refractivity (Wildman–Crippen MR) is 60.9 cm³/mol. The molecule has 0 aromatic carbocycles. The standard InChI is InChI=1S/C16/c1-3-5-7-9-11-13-15-16-14-12-10-8-6-4-2/q-2. The van der Waals surface area contributed by atoms with E-state index in [2.05, 4.69) is 71.0 Å². The van der Waals surface area contributed by atoms with Gasteiger partial charge in [-0.05, 0) is 47.4 Å². The van der Waals surface area contributed by atoms with E-state index in [-0.39, 0.29) is 0 Å². The number of hydrogen-bond acceptors (Lipinski definition) is 0. The van der Waals surface area contributed by atoms with Crippen LogP contribution in [0.4, 0.5) is 0 Å². The topological polar surface area (TPSA) is 0 Å². The molecule has 0 aliphatic rings. The monoisotopic (exact) mass is 192 g/mol. The van der Waals surface area contributed by atoms with Gasteiger partial charge in [0, 0.05) is 0 Å². The van der Waals surface area contributed by atoms with E-state index in [4.69, 9.17) is 12.8 Å². The first-order valence-corrected chi connectivity index (χ1v) is 3.75. The van der Waals surface area contributed by atoms with E-state index in [0.717, 1.165) is 0 Å². The molecule has 0 fully saturated rings. The van der Waals surface area contributed by atoms with Crippen LogP contribution in [0.3, 0.4) is 0 Å². The lowest BCUT2D eigenvalue weighted by atomic mass is 10.5. The molecule has 0 atom stereocenters. The van der Waals surface area contributed by atoms with E-state index in [1.54, 1.807) is 0 Å². The van der Waals surface area contributed by atoms with Crippen molar-refractivity contribution < 1.29 is 0 Å². The van der Waals surface area contributed by atoms with Crippen LogP contribution in [0.15, 0.2) is 0 Å². The highest BCUT2D eigenvalue weighted by Gasteiger charge is 1.54. The van der Waals surface area contributed by atoms with Crippen molar-refractivity contribution in [3.8, 4) is 82.9 Å². The Morgan fingerprint density at radius 3 is 0.688 bits per heavy atom. The van der Waals surface area contributed by atoms with Crippen LogP contribution in [-0.4, -0.2) is 0 Å². The normalized spacial score (nSPS) is 3.62. The number of rotatable bonds is 0. The van der Waals surface area contributed by atoms with Crippen LogP contribution >= 0.6 is 0 Å². The molecule has 0 aromatic heterocycles. The minimum atomic E-state index is 1.86. The molecule has 0 rings (SSSR count). The summed E-state index contributed by atoms with van der Waals surface area (Å²) in [6, 6.07) is 0. The van der Waals surface area contributed by atoms with E-state index in [0.29, 0.717) is 0 Å². The minimum absolute atomic E-state index is 1.86. The molecule has 0 heterocycles. The largest absolute Gasteiger partial charge is 0.358 e. The Labute approximate surface area is 96.2 Å². The second kappa shape index (κ2) is 11.5. The van der Waals surface area contributed by atoms with E-state index in [1.807, 2.05) is 11.8 Å². The third-order valence-electron chi connectivity index (χ3n) is 0.812. The van der Waals surface area contributed by atoms with Crippen LogP contribution in [0.5, 0.6) is 0 Å². The summed E-state index contributed by atoms with van der Waals surface area (Å²) < 4.78 is 0. The molecule has 0 radical (unpaired) electrons. The van der Waals surface area contributed by atoms with Gasteiger partial charge >= 0.3 is 0 Å². The van der Waals surface area contributed by atoms with Crippen molar-refractivity contribution >= 4 is 0 Å². The lowest BCUT2D eigenvalue weighted by Gasteiger charge is -1.64. The fourth-order valence-corrected chi connectivity index (χ4v) is 0.375. The summed E-state index contributed by atoms with van der Waals surface area (Å²) in [6.45, 7) is 0. The smallest absolute Gasteiger partial charge is 0.000000914 e. The first-order valence-electron chi connectivity index (χ1n) is 3.75. The summed E-state index contributed by atoms with van der Waals surface area (Å²) in [5.41, 5.74) is 0. The predicted octanol–water partition coefficient (Wildman–Crippen LogP) is 0.186. The second-order valence-corrected chi connectivity index (χ2v) is 1.75. The molecule has 0 amide bonds. The zero-order valence-corrected chi connectivity index (χ0v) is 8.00. The van der Waals surface area contributed by atoms with E-state index < -0.39 is 0 Å². The van der Waals surface area contributed by atoms with Gasteiger partial charge in [0.1, 0.15) is 0 Å². The molecule has 0 spiro atoms. The molecule has 16 heavy (non-hydrogen) atoms. The Bertz CT molecular complexity index is 627. The van der Waals surface area contributed by atoms with Gasteiger partial charge < -0.3 is 12.8 Å². The first-order chi connectivity index (χ1) is 7.91. The lowest BCUT2D eigenvalue weighted by Crippen LogP contribution is -1.55. The maximum absolute atomic E-state index is 6.45. The van der Waals surface area contributed by atoms with Gasteiger partial charge in [-0.2, -0.15) is 0 Å². The van der Waals surface area contributed by atoms with Crippen molar-refractivity contribution in [2.24, 2.45) is 0 Å². The van der Waals surface area contributed by atoms with Crippen molar-refractivity contribution in [3.63, 3.8) is 0 Å². The molecule has 0 aliphatic carbocycles.